The minimum atomic E-state index is 0.0995. The van der Waals surface area contributed by atoms with Gasteiger partial charge in [0.2, 0.25) is 0 Å². The number of phenols is 1. The Kier molecular flexibility index (Phi) is 4.82. The third kappa shape index (κ3) is 3.63. The lowest BCUT2D eigenvalue weighted by atomic mass is 10.0. The molecule has 1 aromatic rings. The molecular formula is C14H23NO2. The molecule has 17 heavy (non-hydrogen) atoms. The van der Waals surface area contributed by atoms with Gasteiger partial charge in [0.05, 0.1) is 7.11 Å². The Bertz CT molecular complexity index is 363. The van der Waals surface area contributed by atoms with Gasteiger partial charge in [-0.3, -0.25) is 0 Å². The summed E-state index contributed by atoms with van der Waals surface area (Å²) in [5.41, 5.74) is 0.872. The molecule has 2 N–H and O–H groups in total. The second-order valence-corrected chi connectivity index (χ2v) is 4.85. The fourth-order valence-electron chi connectivity index (χ4n) is 1.68. The summed E-state index contributed by atoms with van der Waals surface area (Å²) in [5.74, 6) is 1.63. The fourth-order valence-corrected chi connectivity index (χ4v) is 1.68. The number of aromatic hydroxyl groups is 1. The number of benzene rings is 1. The summed E-state index contributed by atoms with van der Waals surface area (Å²) < 4.78 is 5.17. The predicted octanol–water partition coefficient (Wildman–Crippen LogP) is 3.10. The Morgan fingerprint density at radius 2 is 1.82 bits per heavy atom. The molecule has 0 aliphatic carbocycles. The topological polar surface area (TPSA) is 41.5 Å². The summed E-state index contributed by atoms with van der Waals surface area (Å²) in [7, 11) is 1.63. The van der Waals surface area contributed by atoms with Gasteiger partial charge in [-0.15, -0.1) is 0 Å². The van der Waals surface area contributed by atoms with Crippen molar-refractivity contribution in [3.05, 3.63) is 23.8 Å². The lowest BCUT2D eigenvalue weighted by Crippen LogP contribution is -2.33. The molecule has 96 valence electrons. The Morgan fingerprint density at radius 1 is 1.18 bits per heavy atom. The summed E-state index contributed by atoms with van der Waals surface area (Å²) in [6, 6.07) is 5.81. The van der Waals surface area contributed by atoms with Crippen LogP contribution in [0.15, 0.2) is 18.2 Å². The standard InChI is InChI=1S/C14H23NO2/c1-9(2)10(3)15-11(4)13-8-12(17-5)6-7-14(13)16/h6-11,15-16H,1-5H3. The number of hydrogen-bond acceptors (Lipinski definition) is 3. The highest BCUT2D eigenvalue weighted by atomic mass is 16.5. The molecule has 0 spiro atoms. The highest BCUT2D eigenvalue weighted by Crippen LogP contribution is 2.28. The number of phenolic OH excluding ortho intramolecular Hbond substituents is 1. The van der Waals surface area contributed by atoms with Gasteiger partial charge < -0.3 is 15.2 Å². The normalized spacial score (nSPS) is 14.7. The van der Waals surface area contributed by atoms with Crippen LogP contribution in [-0.4, -0.2) is 18.3 Å². The van der Waals surface area contributed by atoms with E-state index in [-0.39, 0.29) is 6.04 Å². The van der Waals surface area contributed by atoms with Crippen molar-refractivity contribution in [3.63, 3.8) is 0 Å². The van der Waals surface area contributed by atoms with E-state index in [4.69, 9.17) is 4.74 Å². The van der Waals surface area contributed by atoms with Gasteiger partial charge in [0.25, 0.3) is 0 Å². The first-order valence-electron chi connectivity index (χ1n) is 6.08. The molecule has 0 aromatic heterocycles. The lowest BCUT2D eigenvalue weighted by molar-refractivity contribution is 0.374. The molecule has 0 amide bonds. The number of methoxy groups -OCH3 is 1. The monoisotopic (exact) mass is 237 g/mol. The molecule has 0 fully saturated rings. The number of nitrogens with one attached hydrogen (secondary N) is 1. The fraction of sp³-hybridized carbons (Fsp3) is 0.571. The Labute approximate surface area is 104 Å². The highest BCUT2D eigenvalue weighted by Gasteiger charge is 2.15. The summed E-state index contributed by atoms with van der Waals surface area (Å²) >= 11 is 0. The quantitative estimate of drug-likeness (QED) is 0.827. The predicted molar refractivity (Wildman–Crippen MR) is 70.5 cm³/mol. The van der Waals surface area contributed by atoms with Gasteiger partial charge in [-0.05, 0) is 38.0 Å². The molecule has 1 rings (SSSR count). The molecule has 2 unspecified atom stereocenters. The average molecular weight is 237 g/mol. The van der Waals surface area contributed by atoms with Crippen LogP contribution in [0.4, 0.5) is 0 Å². The first kappa shape index (κ1) is 13.8. The van der Waals surface area contributed by atoms with Gasteiger partial charge in [0.1, 0.15) is 11.5 Å². The van der Waals surface area contributed by atoms with Crippen molar-refractivity contribution in [2.45, 2.75) is 39.8 Å². The lowest BCUT2D eigenvalue weighted by Gasteiger charge is -2.24. The van der Waals surface area contributed by atoms with Crippen LogP contribution in [0.3, 0.4) is 0 Å². The molecule has 0 saturated carbocycles. The van der Waals surface area contributed by atoms with Crippen LogP contribution >= 0.6 is 0 Å². The van der Waals surface area contributed by atoms with Crippen molar-refractivity contribution in [2.75, 3.05) is 7.11 Å². The van der Waals surface area contributed by atoms with Crippen LogP contribution in [0.5, 0.6) is 11.5 Å². The van der Waals surface area contributed by atoms with E-state index in [0.717, 1.165) is 11.3 Å². The smallest absolute Gasteiger partial charge is 0.120 e. The van der Waals surface area contributed by atoms with E-state index in [1.165, 1.54) is 0 Å². The molecule has 0 radical (unpaired) electrons. The highest BCUT2D eigenvalue weighted by molar-refractivity contribution is 5.41. The molecule has 0 saturated heterocycles. The molecule has 0 heterocycles. The molecule has 2 atom stereocenters. The second kappa shape index (κ2) is 5.92. The van der Waals surface area contributed by atoms with Crippen LogP contribution in [0, 0.1) is 5.92 Å². The maximum atomic E-state index is 9.86. The van der Waals surface area contributed by atoms with E-state index < -0.39 is 0 Å². The maximum absolute atomic E-state index is 9.86. The second-order valence-electron chi connectivity index (χ2n) is 4.85. The third-order valence-corrected chi connectivity index (χ3v) is 3.21. The summed E-state index contributed by atoms with van der Waals surface area (Å²) in [6.45, 7) is 8.55. The van der Waals surface area contributed by atoms with Crippen molar-refractivity contribution < 1.29 is 9.84 Å². The summed E-state index contributed by atoms with van der Waals surface area (Å²) in [5, 5.41) is 13.3. The van der Waals surface area contributed by atoms with E-state index in [2.05, 4.69) is 26.1 Å². The van der Waals surface area contributed by atoms with Crippen LogP contribution < -0.4 is 10.1 Å². The van der Waals surface area contributed by atoms with Gasteiger partial charge in [-0.1, -0.05) is 13.8 Å². The SMILES string of the molecule is COc1ccc(O)c(C(C)NC(C)C(C)C)c1. The van der Waals surface area contributed by atoms with Crippen molar-refractivity contribution in [1.29, 1.82) is 0 Å². The van der Waals surface area contributed by atoms with Crippen molar-refractivity contribution in [2.24, 2.45) is 5.92 Å². The molecule has 0 bridgehead atoms. The number of rotatable bonds is 5. The molecule has 1 aromatic carbocycles. The first-order chi connectivity index (χ1) is 7.95. The van der Waals surface area contributed by atoms with Crippen LogP contribution in [0.1, 0.15) is 39.3 Å². The number of hydrogen-bond donors (Lipinski definition) is 2. The van der Waals surface area contributed by atoms with E-state index in [0.29, 0.717) is 17.7 Å². The van der Waals surface area contributed by atoms with Gasteiger partial charge in [-0.2, -0.15) is 0 Å². The largest absolute Gasteiger partial charge is 0.508 e. The minimum absolute atomic E-state index is 0.0995. The summed E-state index contributed by atoms with van der Waals surface area (Å²) in [6.07, 6.45) is 0. The van der Waals surface area contributed by atoms with E-state index in [1.807, 2.05) is 13.0 Å². The molecule has 3 heteroatoms. The maximum Gasteiger partial charge on any atom is 0.120 e. The van der Waals surface area contributed by atoms with Gasteiger partial charge >= 0.3 is 0 Å². The van der Waals surface area contributed by atoms with E-state index in [1.54, 1.807) is 19.2 Å². The zero-order valence-corrected chi connectivity index (χ0v) is 11.3. The molecular weight excluding hydrogens is 214 g/mol. The van der Waals surface area contributed by atoms with Gasteiger partial charge in [-0.25, -0.2) is 0 Å². The Morgan fingerprint density at radius 3 is 2.35 bits per heavy atom. The summed E-state index contributed by atoms with van der Waals surface area (Å²) in [4.78, 5) is 0. The van der Waals surface area contributed by atoms with Gasteiger partial charge in [0, 0.05) is 17.6 Å². The van der Waals surface area contributed by atoms with Crippen LogP contribution in [0.2, 0.25) is 0 Å². The minimum Gasteiger partial charge on any atom is -0.508 e. The molecule has 0 aliphatic rings. The van der Waals surface area contributed by atoms with Crippen molar-refractivity contribution in [3.8, 4) is 11.5 Å². The van der Waals surface area contributed by atoms with E-state index in [9.17, 15) is 5.11 Å². The van der Waals surface area contributed by atoms with Crippen LogP contribution in [-0.2, 0) is 0 Å². The van der Waals surface area contributed by atoms with Gasteiger partial charge in [0.15, 0.2) is 0 Å². The van der Waals surface area contributed by atoms with Crippen molar-refractivity contribution in [1.82, 2.24) is 5.32 Å². The average Bonchev–Trinajstić information content (AvgIpc) is 2.29. The van der Waals surface area contributed by atoms with E-state index >= 15 is 0 Å². The van der Waals surface area contributed by atoms with Crippen LogP contribution in [0.25, 0.3) is 0 Å². The molecule has 3 nitrogen and oxygen atoms in total. The third-order valence-electron chi connectivity index (χ3n) is 3.21. The Hall–Kier alpha value is -1.22. The number of ether oxygens (including phenoxy) is 1. The molecule has 0 aliphatic heterocycles. The Balaban J connectivity index is 2.84. The zero-order chi connectivity index (χ0) is 13.0. The first-order valence-corrected chi connectivity index (χ1v) is 6.08. The zero-order valence-electron chi connectivity index (χ0n) is 11.3. The van der Waals surface area contributed by atoms with Crippen molar-refractivity contribution >= 4 is 0 Å².